The third-order valence-electron chi connectivity index (χ3n) is 5.53. The van der Waals surface area contributed by atoms with Crippen LogP contribution in [-0.4, -0.2) is 30.3 Å². The lowest BCUT2D eigenvalue weighted by atomic mass is 10.0. The lowest BCUT2D eigenvalue weighted by Gasteiger charge is -2.20. The van der Waals surface area contributed by atoms with Crippen molar-refractivity contribution in [2.45, 2.75) is 39.8 Å². The van der Waals surface area contributed by atoms with E-state index in [1.165, 1.54) is 5.56 Å². The van der Waals surface area contributed by atoms with E-state index in [1.807, 2.05) is 43.0 Å². The van der Waals surface area contributed by atoms with Crippen LogP contribution in [0.3, 0.4) is 0 Å². The maximum Gasteiger partial charge on any atom is 0.322 e. The molecule has 2 amide bonds. The number of hydrogen-bond acceptors (Lipinski definition) is 3. The first-order valence-electron chi connectivity index (χ1n) is 10.1. The normalized spacial score (nSPS) is 13.2. The Morgan fingerprint density at radius 1 is 1.24 bits per heavy atom. The molecule has 3 aromatic rings. The Labute approximate surface area is 171 Å². The zero-order chi connectivity index (χ0) is 20.7. The minimum atomic E-state index is -0.0409. The summed E-state index contributed by atoms with van der Waals surface area (Å²) in [7, 11) is 1.67. The van der Waals surface area contributed by atoms with Gasteiger partial charge in [0.2, 0.25) is 0 Å². The van der Waals surface area contributed by atoms with Crippen LogP contribution in [0.2, 0.25) is 0 Å². The van der Waals surface area contributed by atoms with E-state index < -0.39 is 0 Å². The average molecular weight is 393 g/mol. The zero-order valence-electron chi connectivity index (χ0n) is 17.5. The number of nitrogens with zero attached hydrogens (tertiary/aromatic N) is 2. The van der Waals surface area contributed by atoms with E-state index >= 15 is 0 Å². The third-order valence-corrected chi connectivity index (χ3v) is 5.53. The van der Waals surface area contributed by atoms with Gasteiger partial charge in [0.1, 0.15) is 5.75 Å². The first-order valence-corrected chi connectivity index (χ1v) is 10.1. The summed E-state index contributed by atoms with van der Waals surface area (Å²) >= 11 is 0. The Morgan fingerprint density at radius 3 is 2.72 bits per heavy atom. The number of benzene rings is 2. The molecule has 0 aliphatic carbocycles. The summed E-state index contributed by atoms with van der Waals surface area (Å²) in [5.41, 5.74) is 12.7. The van der Waals surface area contributed by atoms with Crippen molar-refractivity contribution in [3.63, 3.8) is 0 Å². The Balaban J connectivity index is 1.78. The van der Waals surface area contributed by atoms with Crippen LogP contribution in [0.1, 0.15) is 26.3 Å². The molecule has 4 rings (SSSR count). The number of amides is 2. The molecule has 0 radical (unpaired) electrons. The minimum absolute atomic E-state index is 0.0409. The first kappa shape index (κ1) is 19.2. The molecule has 1 aromatic heterocycles. The van der Waals surface area contributed by atoms with Crippen LogP contribution in [0.5, 0.6) is 5.75 Å². The molecule has 2 heterocycles. The number of anilines is 2. The van der Waals surface area contributed by atoms with Gasteiger partial charge in [-0.25, -0.2) is 4.79 Å². The molecule has 0 atom stereocenters. The van der Waals surface area contributed by atoms with Crippen LogP contribution >= 0.6 is 0 Å². The molecule has 2 aromatic carbocycles. The van der Waals surface area contributed by atoms with Gasteiger partial charge in [-0.05, 0) is 57.0 Å². The summed E-state index contributed by atoms with van der Waals surface area (Å²) in [5.74, 6) is 0.817. The fraction of sp³-hybridized carbons (Fsp3) is 0.348. The van der Waals surface area contributed by atoms with Crippen LogP contribution in [-0.2, 0) is 13.0 Å². The van der Waals surface area contributed by atoms with Gasteiger partial charge in [-0.3, -0.25) is 4.90 Å². The van der Waals surface area contributed by atoms with Gasteiger partial charge in [0.25, 0.3) is 0 Å². The van der Waals surface area contributed by atoms with E-state index in [9.17, 15) is 4.79 Å². The van der Waals surface area contributed by atoms with Crippen LogP contribution in [0.15, 0.2) is 36.4 Å². The van der Waals surface area contributed by atoms with Crippen molar-refractivity contribution in [3.05, 3.63) is 42.0 Å². The molecule has 1 aliphatic rings. The number of carbonyl (C=O) groups excluding carboxylic acids is 1. The molecule has 29 heavy (non-hydrogen) atoms. The molecular weight excluding hydrogens is 364 g/mol. The Kier molecular flexibility index (Phi) is 4.86. The number of nitrogens with two attached hydrogens (primary N) is 1. The van der Waals surface area contributed by atoms with Gasteiger partial charge in [0, 0.05) is 41.8 Å². The number of rotatable bonds is 4. The van der Waals surface area contributed by atoms with Crippen LogP contribution in [0, 0.1) is 0 Å². The molecule has 0 unspecified atom stereocenters. The van der Waals surface area contributed by atoms with Gasteiger partial charge in [-0.15, -0.1) is 0 Å². The predicted molar refractivity (Wildman–Crippen MR) is 119 cm³/mol. The molecule has 0 fully saturated rings. The van der Waals surface area contributed by atoms with Crippen molar-refractivity contribution in [1.82, 2.24) is 9.88 Å². The molecule has 6 nitrogen and oxygen atoms in total. The molecule has 0 saturated carbocycles. The summed E-state index contributed by atoms with van der Waals surface area (Å²) in [4.78, 5) is 14.3. The van der Waals surface area contributed by atoms with E-state index in [4.69, 9.17) is 10.5 Å². The number of ether oxygens (including phenoxy) is 1. The van der Waals surface area contributed by atoms with E-state index in [1.54, 1.807) is 7.11 Å². The maximum atomic E-state index is 12.5. The highest BCUT2D eigenvalue weighted by atomic mass is 16.5. The predicted octanol–water partition coefficient (Wildman–Crippen LogP) is 4.40. The largest absolute Gasteiger partial charge is 0.497 e. The number of nitrogens with one attached hydrogen (secondary N) is 1. The van der Waals surface area contributed by atoms with Crippen LogP contribution in [0.4, 0.5) is 16.2 Å². The first-order chi connectivity index (χ1) is 13.9. The summed E-state index contributed by atoms with van der Waals surface area (Å²) in [6.07, 6.45) is 0.842. The number of aromatic nitrogens is 1. The number of nitrogen functional groups attached to an aromatic ring is 1. The monoisotopic (exact) mass is 392 g/mol. The maximum absolute atomic E-state index is 12.5. The Morgan fingerprint density at radius 2 is 2.03 bits per heavy atom. The average Bonchev–Trinajstić information content (AvgIpc) is 3.25. The smallest absolute Gasteiger partial charge is 0.322 e. The molecule has 3 N–H and O–H groups in total. The summed E-state index contributed by atoms with van der Waals surface area (Å²) in [6, 6.07) is 12.3. The van der Waals surface area contributed by atoms with Gasteiger partial charge in [-0.2, -0.15) is 0 Å². The SMILES string of the molecule is CCn1c(-c2ccc3c(c2)CCN3C(=O)NC(C)C)c(N)c2ccc(OC)cc21. The zero-order valence-corrected chi connectivity index (χ0v) is 17.5. The standard InChI is InChI=1S/C23H28N4O2/c1-5-26-20-13-17(29-4)7-8-18(20)21(24)22(26)16-6-9-19-15(12-16)10-11-27(19)23(28)25-14(2)3/h6-9,12-14H,5,10-11,24H2,1-4H3,(H,25,28). The highest BCUT2D eigenvalue weighted by Gasteiger charge is 2.26. The second-order valence-electron chi connectivity index (χ2n) is 7.74. The molecule has 0 spiro atoms. The number of hydrogen-bond donors (Lipinski definition) is 2. The fourth-order valence-electron chi connectivity index (χ4n) is 4.21. The number of fused-ring (bicyclic) bond motifs is 2. The number of methoxy groups -OCH3 is 1. The summed E-state index contributed by atoms with van der Waals surface area (Å²) < 4.78 is 7.63. The lowest BCUT2D eigenvalue weighted by molar-refractivity contribution is 0.244. The van der Waals surface area contributed by atoms with E-state index in [0.717, 1.165) is 52.3 Å². The van der Waals surface area contributed by atoms with Crippen LogP contribution < -0.4 is 20.7 Å². The fourth-order valence-corrected chi connectivity index (χ4v) is 4.21. The highest BCUT2D eigenvalue weighted by molar-refractivity contribution is 6.02. The molecule has 152 valence electrons. The highest BCUT2D eigenvalue weighted by Crippen LogP contribution is 2.40. The van der Waals surface area contributed by atoms with Crippen molar-refractivity contribution in [2.24, 2.45) is 0 Å². The minimum Gasteiger partial charge on any atom is -0.497 e. The van der Waals surface area contributed by atoms with Crippen LogP contribution in [0.25, 0.3) is 22.2 Å². The van der Waals surface area contributed by atoms with Crippen molar-refractivity contribution in [3.8, 4) is 17.0 Å². The molecule has 6 heteroatoms. The third kappa shape index (κ3) is 3.18. The van der Waals surface area contributed by atoms with E-state index in [-0.39, 0.29) is 12.1 Å². The summed E-state index contributed by atoms with van der Waals surface area (Å²) in [5, 5.41) is 4.01. The number of urea groups is 1. The number of aryl methyl sites for hydroxylation is 1. The van der Waals surface area contributed by atoms with Gasteiger partial charge < -0.3 is 20.4 Å². The molecule has 1 aliphatic heterocycles. The van der Waals surface area contributed by atoms with Gasteiger partial charge in [0.05, 0.1) is 24.0 Å². The van der Waals surface area contributed by atoms with Crippen molar-refractivity contribution in [2.75, 3.05) is 24.3 Å². The second-order valence-corrected chi connectivity index (χ2v) is 7.74. The van der Waals surface area contributed by atoms with Crippen molar-refractivity contribution in [1.29, 1.82) is 0 Å². The van der Waals surface area contributed by atoms with Crippen molar-refractivity contribution < 1.29 is 9.53 Å². The lowest BCUT2D eigenvalue weighted by Crippen LogP contribution is -2.42. The van der Waals surface area contributed by atoms with E-state index in [2.05, 4.69) is 28.9 Å². The second kappa shape index (κ2) is 7.35. The Hall–Kier alpha value is -3.15. The Bertz CT molecular complexity index is 1080. The number of carbonyl (C=O) groups is 1. The topological polar surface area (TPSA) is 72.5 Å². The van der Waals surface area contributed by atoms with Crippen molar-refractivity contribution >= 4 is 28.3 Å². The quantitative estimate of drug-likeness (QED) is 0.691. The van der Waals surface area contributed by atoms with E-state index in [0.29, 0.717) is 6.54 Å². The van der Waals surface area contributed by atoms with Gasteiger partial charge >= 0.3 is 6.03 Å². The summed E-state index contributed by atoms with van der Waals surface area (Å²) in [6.45, 7) is 7.56. The molecular formula is C23H28N4O2. The van der Waals surface area contributed by atoms with Gasteiger partial charge in [0.15, 0.2) is 0 Å². The molecule has 0 saturated heterocycles. The van der Waals surface area contributed by atoms with Gasteiger partial charge in [-0.1, -0.05) is 6.07 Å². The molecule has 0 bridgehead atoms.